The molecule has 1 aromatic heterocycles. The van der Waals surface area contributed by atoms with Crippen LogP contribution in [0.25, 0.3) is 0 Å². The highest BCUT2D eigenvalue weighted by Crippen LogP contribution is 2.40. The van der Waals surface area contributed by atoms with E-state index in [2.05, 4.69) is 63.6 Å². The zero-order valence-electron chi connectivity index (χ0n) is 26.8. The lowest BCUT2D eigenvalue weighted by molar-refractivity contribution is -0.161. The molecule has 3 N–H and O–H groups in total. The zero-order chi connectivity index (χ0) is 33.3. The van der Waals surface area contributed by atoms with Crippen LogP contribution in [0.3, 0.4) is 0 Å². The van der Waals surface area contributed by atoms with E-state index in [1.54, 1.807) is 45.4 Å². The molecule has 1 aliphatic rings. The van der Waals surface area contributed by atoms with Gasteiger partial charge in [0.05, 0.1) is 12.0 Å². The number of dihydropyridines is 1. The summed E-state index contributed by atoms with van der Waals surface area (Å²) in [5.41, 5.74) is 2.36. The summed E-state index contributed by atoms with van der Waals surface area (Å²) in [4.78, 5) is 36.5. The fraction of sp³-hybridized carbons (Fsp3) is 0.243. The second-order valence-corrected chi connectivity index (χ2v) is 12.8. The molecule has 1 unspecified atom stereocenters. The van der Waals surface area contributed by atoms with E-state index < -0.39 is 28.9 Å². The molecule has 0 fully saturated rings. The van der Waals surface area contributed by atoms with Crippen LogP contribution in [-0.4, -0.2) is 41.3 Å². The molecule has 0 aliphatic carbocycles. The number of esters is 1. The van der Waals surface area contributed by atoms with Crippen LogP contribution in [0.15, 0.2) is 120 Å². The molecule has 0 radical (unpaired) electrons. The Bertz CT molecular complexity index is 1650. The third kappa shape index (κ3) is 8.30. The maximum Gasteiger partial charge on any atom is 0.312 e. The summed E-state index contributed by atoms with van der Waals surface area (Å²) in [5, 5.41) is 16.1. The fourth-order valence-electron chi connectivity index (χ4n) is 4.95. The predicted molar refractivity (Wildman–Crippen MR) is 184 cm³/mol. The largest absolute Gasteiger partial charge is 0.460 e. The smallest absolute Gasteiger partial charge is 0.312 e. The van der Waals surface area contributed by atoms with Crippen molar-refractivity contribution in [1.29, 1.82) is 0 Å². The number of anilines is 1. The lowest BCUT2D eigenvalue weighted by Gasteiger charge is -2.36. The molecule has 240 valence electrons. The molecule has 0 spiro atoms. The van der Waals surface area contributed by atoms with E-state index in [9.17, 15) is 9.59 Å². The highest BCUT2D eigenvalue weighted by molar-refractivity contribution is 7.14. The number of aromatic nitrogens is 1. The van der Waals surface area contributed by atoms with Crippen molar-refractivity contribution in [2.45, 2.75) is 38.8 Å². The third-order valence-electron chi connectivity index (χ3n) is 7.17. The summed E-state index contributed by atoms with van der Waals surface area (Å²) in [6.45, 7) is 7.55. The van der Waals surface area contributed by atoms with Gasteiger partial charge in [0.2, 0.25) is 0 Å². The van der Waals surface area contributed by atoms with Crippen molar-refractivity contribution < 1.29 is 19.2 Å². The number of hydrogen-bond acceptors (Lipinski definition) is 9. The summed E-state index contributed by atoms with van der Waals surface area (Å²) in [6, 6.07) is 30.5. The Labute approximate surface area is 279 Å². The van der Waals surface area contributed by atoms with E-state index in [1.807, 2.05) is 54.6 Å². The highest BCUT2D eigenvalue weighted by Gasteiger charge is 2.37. The number of benzene rings is 3. The molecule has 3 aromatic carbocycles. The number of rotatable bonds is 12. The maximum atomic E-state index is 13.6. The van der Waals surface area contributed by atoms with E-state index in [0.29, 0.717) is 23.1 Å². The van der Waals surface area contributed by atoms with E-state index in [1.165, 1.54) is 11.3 Å². The van der Waals surface area contributed by atoms with Crippen LogP contribution in [-0.2, 0) is 24.7 Å². The minimum Gasteiger partial charge on any atom is -0.460 e. The van der Waals surface area contributed by atoms with Gasteiger partial charge in [-0.05, 0) is 44.4 Å². The molecule has 2 heterocycles. The van der Waals surface area contributed by atoms with E-state index >= 15 is 0 Å². The van der Waals surface area contributed by atoms with Gasteiger partial charge in [-0.1, -0.05) is 96.2 Å². The molecule has 1 atom stereocenters. The fourth-order valence-corrected chi connectivity index (χ4v) is 5.70. The number of nitrogens with zero attached hydrogens (tertiary/aromatic N) is 2. The number of allylic oxidation sites excluding steroid dienone is 1. The Morgan fingerprint density at radius 3 is 2.04 bits per heavy atom. The van der Waals surface area contributed by atoms with Gasteiger partial charge in [0.15, 0.2) is 10.8 Å². The number of carbonyl (C=O) groups is 2. The zero-order valence-corrected chi connectivity index (χ0v) is 27.6. The second kappa shape index (κ2) is 14.9. The average Bonchev–Trinajstić information content (AvgIpc) is 3.54. The SMILES string of the molecule is CC(CON=C(C(=O)NC1=CCNC=[C+]1)c1csc(NC(c2ccccc2)(c2ccccc2)c2ccccc2)n1)C(=O)OC(C)(C)C. The molecule has 47 heavy (non-hydrogen) atoms. The van der Waals surface area contributed by atoms with Crippen LogP contribution < -0.4 is 16.0 Å². The summed E-state index contributed by atoms with van der Waals surface area (Å²) in [6.07, 6.45) is 6.39. The first-order valence-corrected chi connectivity index (χ1v) is 16.2. The van der Waals surface area contributed by atoms with Crippen molar-refractivity contribution in [3.05, 3.63) is 143 Å². The molecule has 4 aromatic rings. The molecule has 1 amide bonds. The Morgan fingerprint density at radius 2 is 1.53 bits per heavy atom. The van der Waals surface area contributed by atoms with Crippen LogP contribution in [0, 0.1) is 12.0 Å². The first-order chi connectivity index (χ1) is 22.7. The number of thiazole rings is 1. The molecule has 0 saturated carbocycles. The van der Waals surface area contributed by atoms with Gasteiger partial charge in [0.25, 0.3) is 11.6 Å². The van der Waals surface area contributed by atoms with Crippen molar-refractivity contribution in [3.63, 3.8) is 0 Å². The minimum absolute atomic E-state index is 0.0448. The number of nitrogens with one attached hydrogen (secondary N) is 3. The van der Waals surface area contributed by atoms with Gasteiger partial charge in [-0.15, -0.1) is 11.3 Å². The van der Waals surface area contributed by atoms with Gasteiger partial charge in [-0.25, -0.2) is 4.98 Å². The van der Waals surface area contributed by atoms with Crippen LogP contribution in [0.2, 0.25) is 0 Å². The molecule has 0 saturated heterocycles. The summed E-state index contributed by atoms with van der Waals surface area (Å²) >= 11 is 1.34. The molecule has 0 bridgehead atoms. The van der Waals surface area contributed by atoms with Crippen molar-refractivity contribution in [1.82, 2.24) is 15.6 Å². The molecular formula is C37H38N5O4S+. The number of carbonyl (C=O) groups excluding carboxylic acids is 2. The van der Waals surface area contributed by atoms with E-state index in [-0.39, 0.29) is 12.3 Å². The number of oxime groups is 1. The van der Waals surface area contributed by atoms with Gasteiger partial charge >= 0.3 is 5.97 Å². The number of ether oxygens (including phenoxy) is 1. The van der Waals surface area contributed by atoms with E-state index in [0.717, 1.165) is 16.7 Å². The Kier molecular flexibility index (Phi) is 10.5. The molecule has 5 rings (SSSR count). The van der Waals surface area contributed by atoms with Crippen molar-refractivity contribution in [2.75, 3.05) is 18.5 Å². The first kappa shape index (κ1) is 33.1. The Balaban J connectivity index is 1.50. The third-order valence-corrected chi connectivity index (χ3v) is 7.93. The molecule has 10 heteroatoms. The molecule has 9 nitrogen and oxygen atoms in total. The average molecular weight is 649 g/mol. The monoisotopic (exact) mass is 648 g/mol. The van der Waals surface area contributed by atoms with Crippen molar-refractivity contribution in [2.24, 2.45) is 11.1 Å². The van der Waals surface area contributed by atoms with E-state index in [4.69, 9.17) is 14.6 Å². The topological polar surface area (TPSA) is 114 Å². The van der Waals surface area contributed by atoms with Gasteiger partial charge in [0.1, 0.15) is 42.3 Å². The molecule has 1 aliphatic heterocycles. The Hall–Kier alpha value is -5.31. The highest BCUT2D eigenvalue weighted by atomic mass is 32.1. The summed E-state index contributed by atoms with van der Waals surface area (Å²) < 4.78 is 5.46. The van der Waals surface area contributed by atoms with Crippen molar-refractivity contribution >= 4 is 34.1 Å². The lowest BCUT2D eigenvalue weighted by atomic mass is 9.77. The minimum atomic E-state index is -0.808. The van der Waals surface area contributed by atoms with Gasteiger partial charge in [0, 0.05) is 5.38 Å². The van der Waals surface area contributed by atoms with Crippen LogP contribution in [0.5, 0.6) is 0 Å². The van der Waals surface area contributed by atoms with Crippen molar-refractivity contribution in [3.8, 4) is 0 Å². The quantitative estimate of drug-likeness (QED) is 0.0554. The summed E-state index contributed by atoms with van der Waals surface area (Å²) in [5.74, 6) is -1.56. The van der Waals surface area contributed by atoms with Gasteiger partial charge in [-0.2, -0.15) is 0 Å². The van der Waals surface area contributed by atoms with Crippen LogP contribution in [0.1, 0.15) is 50.1 Å². The number of amides is 1. The standard InChI is InChI=1S/C37H37N5O4S/c1-26(34(44)46-36(2,3)4)24-45-42-32(33(43)39-30-20-22-38-23-21-30)31-25-47-35(40-31)41-37(27-14-8-5-9-15-27,28-16-10-6-11-17-28)29-18-12-7-13-19-29/h5-20,23,25-26,38H,22,24H2,1-4H3,(H-,39,40,41,43)/p+1. The maximum absolute atomic E-state index is 13.6. The summed E-state index contributed by atoms with van der Waals surface area (Å²) in [7, 11) is 0. The van der Waals surface area contributed by atoms with Gasteiger partial charge in [-0.3, -0.25) is 14.9 Å². The first-order valence-electron chi connectivity index (χ1n) is 15.3. The van der Waals surface area contributed by atoms with Gasteiger partial charge < -0.3 is 20.2 Å². The number of hydrogen-bond donors (Lipinski definition) is 3. The van der Waals surface area contributed by atoms with Crippen LogP contribution in [0.4, 0.5) is 5.13 Å². The Morgan fingerprint density at radius 1 is 0.957 bits per heavy atom. The van der Waals surface area contributed by atoms with Crippen LogP contribution >= 0.6 is 11.3 Å². The predicted octanol–water partition coefficient (Wildman–Crippen LogP) is 6.17. The second-order valence-electron chi connectivity index (χ2n) is 11.9. The lowest BCUT2D eigenvalue weighted by Crippen LogP contribution is -2.38. The molecular weight excluding hydrogens is 611 g/mol. The normalized spacial score (nSPS) is 13.8.